The first-order valence-electron chi connectivity index (χ1n) is 10.3. The van der Waals surface area contributed by atoms with E-state index in [9.17, 15) is 8.42 Å². The fourth-order valence-electron chi connectivity index (χ4n) is 3.73. The van der Waals surface area contributed by atoms with Crippen molar-refractivity contribution in [1.29, 1.82) is 0 Å². The molecule has 1 aliphatic rings. The van der Waals surface area contributed by atoms with Gasteiger partial charge in [-0.25, -0.2) is 8.42 Å². The number of benzene rings is 2. The Kier molecular flexibility index (Phi) is 5.32. The molecule has 0 amide bonds. The fourth-order valence-corrected chi connectivity index (χ4v) is 4.91. The maximum absolute atomic E-state index is 13.4. The Morgan fingerprint density at radius 2 is 1.78 bits per heavy atom. The zero-order valence-electron chi connectivity index (χ0n) is 17.4. The molecule has 0 aliphatic carbocycles. The number of rotatable bonds is 5. The van der Waals surface area contributed by atoms with Crippen molar-refractivity contribution < 1.29 is 22.3 Å². The molecule has 5 rings (SSSR count). The molecule has 1 aliphatic heterocycles. The van der Waals surface area contributed by atoms with E-state index < -0.39 is 16.1 Å². The Balaban J connectivity index is 1.56. The van der Waals surface area contributed by atoms with Crippen molar-refractivity contribution in [3.8, 4) is 11.5 Å². The van der Waals surface area contributed by atoms with Crippen LogP contribution in [0.4, 0.5) is 0 Å². The van der Waals surface area contributed by atoms with Crippen molar-refractivity contribution in [2.75, 3.05) is 13.2 Å². The average molecular weight is 451 g/mol. The zero-order chi connectivity index (χ0) is 22.1. The minimum Gasteiger partial charge on any atom is -0.490 e. The van der Waals surface area contributed by atoms with Crippen LogP contribution >= 0.6 is 0 Å². The van der Waals surface area contributed by atoms with Gasteiger partial charge in [0.1, 0.15) is 17.4 Å². The quantitative estimate of drug-likeness (QED) is 0.486. The molecule has 3 heterocycles. The van der Waals surface area contributed by atoms with Crippen molar-refractivity contribution in [2.45, 2.75) is 24.3 Å². The van der Waals surface area contributed by atoms with E-state index in [4.69, 9.17) is 13.9 Å². The second-order valence-electron chi connectivity index (χ2n) is 7.61. The molecule has 164 valence electrons. The normalized spacial score (nSPS) is 14.8. The summed E-state index contributed by atoms with van der Waals surface area (Å²) in [5.74, 6) is 1.42. The molecular weight excluding hydrogens is 428 g/mol. The van der Waals surface area contributed by atoms with E-state index in [1.54, 1.807) is 12.3 Å². The fraction of sp³-hybridized carbons (Fsp3) is 0.208. The summed E-state index contributed by atoms with van der Waals surface area (Å²) in [6.45, 7) is 2.89. The Hall–Kier alpha value is -3.36. The number of hydrogen-bond donors (Lipinski definition) is 1. The molecule has 2 aromatic heterocycles. The van der Waals surface area contributed by atoms with E-state index in [2.05, 4.69) is 9.71 Å². The smallest absolute Gasteiger partial charge is 0.241 e. The number of nitrogens with one attached hydrogen (secondary N) is 1. The lowest BCUT2D eigenvalue weighted by Gasteiger charge is -2.18. The minimum absolute atomic E-state index is 0.0800. The van der Waals surface area contributed by atoms with Gasteiger partial charge >= 0.3 is 0 Å². The molecule has 0 bridgehead atoms. The number of furan rings is 1. The Morgan fingerprint density at radius 3 is 2.59 bits per heavy atom. The van der Waals surface area contributed by atoms with Crippen LogP contribution in [0.25, 0.3) is 11.0 Å². The third kappa shape index (κ3) is 3.94. The second-order valence-corrected chi connectivity index (χ2v) is 9.32. The van der Waals surface area contributed by atoms with Gasteiger partial charge in [-0.05, 0) is 42.8 Å². The lowest BCUT2D eigenvalue weighted by Crippen LogP contribution is -2.30. The van der Waals surface area contributed by atoms with Crippen molar-refractivity contribution >= 4 is 21.0 Å². The number of ether oxygens (including phenoxy) is 2. The highest BCUT2D eigenvalue weighted by atomic mass is 32.2. The molecule has 0 spiro atoms. The van der Waals surface area contributed by atoms with Gasteiger partial charge in [0.25, 0.3) is 0 Å². The Bertz CT molecular complexity index is 1350. The van der Waals surface area contributed by atoms with Gasteiger partial charge in [-0.1, -0.05) is 24.3 Å². The number of nitrogens with zero attached hydrogens (tertiary/aromatic N) is 1. The summed E-state index contributed by atoms with van der Waals surface area (Å²) in [6.07, 6.45) is 2.38. The van der Waals surface area contributed by atoms with E-state index in [1.807, 2.05) is 49.4 Å². The largest absolute Gasteiger partial charge is 0.490 e. The maximum atomic E-state index is 13.4. The van der Waals surface area contributed by atoms with Crippen LogP contribution in [0.15, 0.2) is 76.2 Å². The lowest BCUT2D eigenvalue weighted by molar-refractivity contribution is 0.297. The van der Waals surface area contributed by atoms with Crippen LogP contribution in [0.3, 0.4) is 0 Å². The van der Waals surface area contributed by atoms with Crippen molar-refractivity contribution in [1.82, 2.24) is 9.71 Å². The van der Waals surface area contributed by atoms with Crippen LogP contribution in [0, 0.1) is 6.92 Å². The van der Waals surface area contributed by atoms with Crippen molar-refractivity contribution in [2.24, 2.45) is 0 Å². The summed E-state index contributed by atoms with van der Waals surface area (Å²) >= 11 is 0. The molecule has 1 N–H and O–H groups in total. The molecule has 0 saturated heterocycles. The number of aromatic nitrogens is 1. The molecule has 0 fully saturated rings. The number of aryl methyl sites for hydroxylation is 1. The van der Waals surface area contributed by atoms with Gasteiger partial charge in [0.05, 0.1) is 23.8 Å². The van der Waals surface area contributed by atoms with E-state index in [-0.39, 0.29) is 4.90 Å². The summed E-state index contributed by atoms with van der Waals surface area (Å²) < 4.78 is 46.9. The van der Waals surface area contributed by atoms with Gasteiger partial charge in [-0.3, -0.25) is 4.98 Å². The molecule has 0 radical (unpaired) electrons. The van der Waals surface area contributed by atoms with Crippen LogP contribution in [0.1, 0.15) is 29.5 Å². The van der Waals surface area contributed by atoms with Crippen molar-refractivity contribution in [3.63, 3.8) is 0 Å². The summed E-state index contributed by atoms with van der Waals surface area (Å²) in [5.41, 5.74) is 2.10. The van der Waals surface area contributed by atoms with E-state index in [1.165, 1.54) is 12.1 Å². The van der Waals surface area contributed by atoms with Gasteiger partial charge < -0.3 is 13.9 Å². The molecule has 2 aromatic carbocycles. The number of hydrogen-bond acceptors (Lipinski definition) is 6. The highest BCUT2D eigenvalue weighted by molar-refractivity contribution is 7.89. The standard InChI is InChI=1S/C24H22N2O5S/c1-16-6-4-11-25-23(16)24(22-14-17-7-2-3-8-19(17)31-22)26-32(27,28)18-9-10-20-21(15-18)30-13-5-12-29-20/h2-4,6-11,14-15,24,26H,5,12-13H2,1H3/t24-/m1/s1. The topological polar surface area (TPSA) is 90.7 Å². The van der Waals surface area contributed by atoms with E-state index >= 15 is 0 Å². The third-order valence-electron chi connectivity index (χ3n) is 5.35. The van der Waals surface area contributed by atoms with Gasteiger partial charge in [0, 0.05) is 24.1 Å². The maximum Gasteiger partial charge on any atom is 0.241 e. The van der Waals surface area contributed by atoms with Crippen LogP contribution in [-0.4, -0.2) is 26.6 Å². The summed E-state index contributed by atoms with van der Waals surface area (Å²) in [4.78, 5) is 4.53. The Morgan fingerprint density at radius 1 is 0.969 bits per heavy atom. The molecule has 8 heteroatoms. The Labute approximate surface area is 186 Å². The molecular formula is C24H22N2O5S. The van der Waals surface area contributed by atoms with Gasteiger partial charge in [-0.15, -0.1) is 0 Å². The summed E-state index contributed by atoms with van der Waals surface area (Å²) in [7, 11) is -3.94. The van der Waals surface area contributed by atoms with E-state index in [0.29, 0.717) is 41.7 Å². The number of para-hydroxylation sites is 1. The first-order valence-corrected chi connectivity index (χ1v) is 11.8. The SMILES string of the molecule is Cc1cccnc1[C@H](NS(=O)(=O)c1ccc2c(c1)OCCCO2)c1cc2ccccc2o1. The van der Waals surface area contributed by atoms with Gasteiger partial charge in [0.2, 0.25) is 10.0 Å². The average Bonchev–Trinajstić information content (AvgIpc) is 3.08. The summed E-state index contributed by atoms with van der Waals surface area (Å²) in [5, 5.41) is 0.885. The zero-order valence-corrected chi connectivity index (χ0v) is 18.3. The van der Waals surface area contributed by atoms with Gasteiger partial charge in [-0.2, -0.15) is 4.72 Å². The monoisotopic (exact) mass is 450 g/mol. The minimum atomic E-state index is -3.94. The first-order chi connectivity index (χ1) is 15.5. The van der Waals surface area contributed by atoms with Crippen LogP contribution in [0.2, 0.25) is 0 Å². The van der Waals surface area contributed by atoms with Gasteiger partial charge in [0.15, 0.2) is 11.5 Å². The summed E-state index contributed by atoms with van der Waals surface area (Å²) in [6, 6.07) is 16.9. The number of pyridine rings is 1. The first kappa shape index (κ1) is 20.5. The molecule has 4 aromatic rings. The molecule has 0 unspecified atom stereocenters. The third-order valence-corrected chi connectivity index (χ3v) is 6.78. The lowest BCUT2D eigenvalue weighted by atomic mass is 10.1. The van der Waals surface area contributed by atoms with E-state index in [0.717, 1.165) is 17.4 Å². The molecule has 7 nitrogen and oxygen atoms in total. The molecule has 1 atom stereocenters. The highest BCUT2D eigenvalue weighted by Gasteiger charge is 2.29. The van der Waals surface area contributed by atoms with Crippen LogP contribution < -0.4 is 14.2 Å². The highest BCUT2D eigenvalue weighted by Crippen LogP contribution is 2.34. The van der Waals surface area contributed by atoms with Crippen LogP contribution in [0.5, 0.6) is 11.5 Å². The number of sulfonamides is 1. The predicted octanol–water partition coefficient (Wildman–Crippen LogP) is 4.37. The number of fused-ring (bicyclic) bond motifs is 2. The molecule has 32 heavy (non-hydrogen) atoms. The second kappa shape index (κ2) is 8.29. The van der Waals surface area contributed by atoms with Crippen molar-refractivity contribution in [3.05, 3.63) is 83.9 Å². The predicted molar refractivity (Wildman–Crippen MR) is 119 cm³/mol. The molecule has 0 saturated carbocycles. The van der Waals surface area contributed by atoms with Crippen LogP contribution in [-0.2, 0) is 10.0 Å².